The molecule has 21 heavy (non-hydrogen) atoms. The molecule has 3 heteroatoms. The Morgan fingerprint density at radius 3 is 2.38 bits per heavy atom. The molecule has 0 bridgehead atoms. The average Bonchev–Trinajstić information content (AvgIpc) is 3.25. The van der Waals surface area contributed by atoms with E-state index in [0.29, 0.717) is 18.0 Å². The van der Waals surface area contributed by atoms with Crippen LogP contribution in [0, 0.1) is 0 Å². The smallest absolute Gasteiger partial charge is 0.264 e. The van der Waals surface area contributed by atoms with E-state index in [9.17, 15) is 4.79 Å². The highest BCUT2D eigenvalue weighted by Crippen LogP contribution is 2.37. The molecule has 0 atom stereocenters. The van der Waals surface area contributed by atoms with Gasteiger partial charge in [-0.25, -0.2) is 0 Å². The molecule has 1 amide bonds. The van der Waals surface area contributed by atoms with Crippen molar-refractivity contribution in [2.75, 3.05) is 0 Å². The fraction of sp³-hybridized carbons (Fsp3) is 0.722. The first-order valence-electron chi connectivity index (χ1n) is 8.77. The highest BCUT2D eigenvalue weighted by molar-refractivity contribution is 7.14. The highest BCUT2D eigenvalue weighted by atomic mass is 32.1. The summed E-state index contributed by atoms with van der Waals surface area (Å²) in [7, 11) is 0. The molecule has 114 valence electrons. The van der Waals surface area contributed by atoms with Gasteiger partial charge in [0, 0.05) is 17.0 Å². The van der Waals surface area contributed by atoms with Gasteiger partial charge in [-0.1, -0.05) is 19.3 Å². The van der Waals surface area contributed by atoms with Gasteiger partial charge in [0.15, 0.2) is 0 Å². The normalized spacial score (nSPS) is 22.9. The molecule has 0 unspecified atom stereocenters. The van der Waals surface area contributed by atoms with Crippen LogP contribution in [0.25, 0.3) is 0 Å². The first-order valence-corrected chi connectivity index (χ1v) is 9.59. The molecule has 0 N–H and O–H groups in total. The molecule has 4 rings (SSSR count). The fourth-order valence-corrected chi connectivity index (χ4v) is 5.26. The van der Waals surface area contributed by atoms with E-state index in [0.717, 1.165) is 4.88 Å². The van der Waals surface area contributed by atoms with E-state index in [4.69, 9.17) is 0 Å². The molecule has 2 nitrogen and oxygen atoms in total. The maximum atomic E-state index is 13.1. The minimum atomic E-state index is 0.351. The van der Waals surface area contributed by atoms with Crippen LogP contribution in [0.15, 0.2) is 6.07 Å². The summed E-state index contributed by atoms with van der Waals surface area (Å²) in [6, 6.07) is 3.30. The second-order valence-corrected chi connectivity index (χ2v) is 8.14. The highest BCUT2D eigenvalue weighted by Gasteiger charge is 2.38. The van der Waals surface area contributed by atoms with Gasteiger partial charge in [-0.2, -0.15) is 0 Å². The fourth-order valence-electron chi connectivity index (χ4n) is 4.06. The molecule has 1 aromatic heterocycles. The lowest BCUT2D eigenvalue weighted by atomic mass is 9.93. The number of fused-ring (bicyclic) bond motifs is 1. The molecule has 0 saturated heterocycles. The number of carbonyl (C=O) groups excluding carboxylic acids is 1. The quantitative estimate of drug-likeness (QED) is 0.801. The number of carbonyl (C=O) groups is 1. The lowest BCUT2D eigenvalue weighted by molar-refractivity contribution is 0.0619. The van der Waals surface area contributed by atoms with Crippen molar-refractivity contribution in [1.29, 1.82) is 0 Å². The van der Waals surface area contributed by atoms with Crippen LogP contribution in [-0.4, -0.2) is 22.9 Å². The predicted molar refractivity (Wildman–Crippen MR) is 87.0 cm³/mol. The second-order valence-electron chi connectivity index (χ2n) is 7.00. The summed E-state index contributed by atoms with van der Waals surface area (Å²) in [5.41, 5.74) is 1.47. The Bertz CT molecular complexity index is 502. The van der Waals surface area contributed by atoms with Crippen molar-refractivity contribution in [3.63, 3.8) is 0 Å². The topological polar surface area (TPSA) is 20.3 Å². The van der Waals surface area contributed by atoms with Crippen molar-refractivity contribution in [3.8, 4) is 0 Å². The van der Waals surface area contributed by atoms with Gasteiger partial charge >= 0.3 is 0 Å². The maximum absolute atomic E-state index is 13.1. The van der Waals surface area contributed by atoms with Gasteiger partial charge in [0.25, 0.3) is 5.91 Å². The monoisotopic (exact) mass is 303 g/mol. The van der Waals surface area contributed by atoms with Crippen LogP contribution in [0.3, 0.4) is 0 Å². The number of hydrogen-bond acceptors (Lipinski definition) is 2. The Hall–Kier alpha value is -0.830. The molecule has 3 aliphatic rings. The molecule has 2 saturated carbocycles. The zero-order chi connectivity index (χ0) is 14.2. The van der Waals surface area contributed by atoms with E-state index >= 15 is 0 Å². The summed E-state index contributed by atoms with van der Waals surface area (Å²) in [4.78, 5) is 17.9. The van der Waals surface area contributed by atoms with Crippen molar-refractivity contribution in [1.82, 2.24) is 4.90 Å². The maximum Gasteiger partial charge on any atom is 0.264 e. The summed E-state index contributed by atoms with van der Waals surface area (Å²) >= 11 is 1.79. The molecule has 3 aliphatic carbocycles. The van der Waals surface area contributed by atoms with E-state index in [1.807, 2.05) is 0 Å². The van der Waals surface area contributed by atoms with E-state index in [1.54, 1.807) is 11.3 Å². The standard InChI is InChI=1S/C18H25NOS/c20-18(17-12-13-6-4-5-9-16(13)21-17)19(15-10-11-15)14-7-2-1-3-8-14/h12,14-15H,1-11H2. The Morgan fingerprint density at radius 2 is 1.67 bits per heavy atom. The molecule has 0 spiro atoms. The van der Waals surface area contributed by atoms with E-state index in [-0.39, 0.29) is 0 Å². The number of aryl methyl sites for hydroxylation is 2. The van der Waals surface area contributed by atoms with Crippen LogP contribution in [0.2, 0.25) is 0 Å². The minimum absolute atomic E-state index is 0.351. The van der Waals surface area contributed by atoms with Crippen LogP contribution in [-0.2, 0) is 12.8 Å². The van der Waals surface area contributed by atoms with Crippen molar-refractivity contribution in [2.45, 2.75) is 82.7 Å². The Balaban J connectivity index is 1.57. The van der Waals surface area contributed by atoms with Gasteiger partial charge in [-0.15, -0.1) is 11.3 Å². The Kier molecular flexibility index (Phi) is 3.78. The van der Waals surface area contributed by atoms with Gasteiger partial charge < -0.3 is 4.90 Å². The van der Waals surface area contributed by atoms with Crippen LogP contribution in [0.5, 0.6) is 0 Å². The van der Waals surface area contributed by atoms with Gasteiger partial charge in [-0.05, 0) is 63.0 Å². The Morgan fingerprint density at radius 1 is 0.952 bits per heavy atom. The van der Waals surface area contributed by atoms with Crippen LogP contribution in [0.1, 0.15) is 77.9 Å². The van der Waals surface area contributed by atoms with Crippen molar-refractivity contribution in [3.05, 3.63) is 21.4 Å². The molecule has 0 aliphatic heterocycles. The number of rotatable bonds is 3. The largest absolute Gasteiger partial charge is 0.332 e. The number of amides is 1. The van der Waals surface area contributed by atoms with E-state index in [1.165, 1.54) is 81.1 Å². The summed E-state index contributed by atoms with van der Waals surface area (Å²) in [5.74, 6) is 0.351. The van der Waals surface area contributed by atoms with Gasteiger partial charge in [0.1, 0.15) is 0 Å². The number of nitrogens with zero attached hydrogens (tertiary/aromatic N) is 1. The SMILES string of the molecule is O=C(c1cc2c(s1)CCCC2)N(C1CCCCC1)C1CC1. The second kappa shape index (κ2) is 5.75. The molecule has 0 aromatic carbocycles. The molecule has 1 heterocycles. The first kappa shape index (κ1) is 13.8. The number of hydrogen-bond donors (Lipinski definition) is 0. The first-order chi connectivity index (χ1) is 10.3. The third kappa shape index (κ3) is 2.77. The van der Waals surface area contributed by atoms with Crippen molar-refractivity contribution in [2.24, 2.45) is 0 Å². The minimum Gasteiger partial charge on any atom is -0.332 e. The third-order valence-electron chi connectivity index (χ3n) is 5.35. The third-order valence-corrected chi connectivity index (χ3v) is 6.58. The summed E-state index contributed by atoms with van der Waals surface area (Å²) in [6.07, 6.45) is 13.9. The molecular formula is C18H25NOS. The summed E-state index contributed by atoms with van der Waals surface area (Å²) in [6.45, 7) is 0. The number of thiophene rings is 1. The van der Waals surface area contributed by atoms with Crippen molar-refractivity contribution >= 4 is 17.2 Å². The summed E-state index contributed by atoms with van der Waals surface area (Å²) in [5, 5.41) is 0. The van der Waals surface area contributed by atoms with E-state index in [2.05, 4.69) is 11.0 Å². The molecule has 0 radical (unpaired) electrons. The lowest BCUT2D eigenvalue weighted by Gasteiger charge is -2.34. The predicted octanol–water partition coefficient (Wildman–Crippen LogP) is 4.56. The zero-order valence-corrected chi connectivity index (χ0v) is 13.6. The Labute approximate surface area is 131 Å². The summed E-state index contributed by atoms with van der Waals surface area (Å²) < 4.78 is 0. The van der Waals surface area contributed by atoms with E-state index < -0.39 is 0 Å². The molecule has 2 fully saturated rings. The van der Waals surface area contributed by atoms with Crippen LogP contribution in [0.4, 0.5) is 0 Å². The van der Waals surface area contributed by atoms with Gasteiger partial charge in [0.05, 0.1) is 4.88 Å². The van der Waals surface area contributed by atoms with Gasteiger partial charge in [-0.3, -0.25) is 4.79 Å². The van der Waals surface area contributed by atoms with Crippen LogP contribution >= 0.6 is 11.3 Å². The molecular weight excluding hydrogens is 278 g/mol. The molecule has 1 aromatic rings. The zero-order valence-electron chi connectivity index (χ0n) is 12.8. The lowest BCUT2D eigenvalue weighted by Crippen LogP contribution is -2.42. The van der Waals surface area contributed by atoms with Gasteiger partial charge in [0.2, 0.25) is 0 Å². The van der Waals surface area contributed by atoms with Crippen LogP contribution < -0.4 is 0 Å². The van der Waals surface area contributed by atoms with Crippen molar-refractivity contribution < 1.29 is 4.79 Å². The average molecular weight is 303 g/mol.